The third kappa shape index (κ3) is 6.75. The summed E-state index contributed by atoms with van der Waals surface area (Å²) in [6.45, 7) is 6.66. The number of esters is 1. The number of hydrogen-bond donors (Lipinski definition) is 0. The highest BCUT2D eigenvalue weighted by Gasteiger charge is 2.31. The van der Waals surface area contributed by atoms with E-state index in [1.807, 2.05) is 39.0 Å². The first-order valence-corrected chi connectivity index (χ1v) is 10.8. The van der Waals surface area contributed by atoms with Crippen LogP contribution < -0.4 is 9.47 Å². The molecular weight excluding hydrogens is 410 g/mol. The molecule has 1 amide bonds. The van der Waals surface area contributed by atoms with Gasteiger partial charge in [-0.05, 0) is 50.5 Å². The summed E-state index contributed by atoms with van der Waals surface area (Å²) < 4.78 is 16.7. The van der Waals surface area contributed by atoms with Crippen LogP contribution in [0.1, 0.15) is 45.6 Å². The molecule has 1 heterocycles. The van der Waals surface area contributed by atoms with E-state index in [0.717, 1.165) is 12.0 Å². The van der Waals surface area contributed by atoms with Crippen molar-refractivity contribution in [2.45, 2.75) is 46.1 Å². The molecule has 0 aromatic heterocycles. The van der Waals surface area contributed by atoms with Crippen LogP contribution in [0.5, 0.6) is 11.5 Å². The second-order valence-electron chi connectivity index (χ2n) is 6.73. The van der Waals surface area contributed by atoms with Gasteiger partial charge in [-0.2, -0.15) is 0 Å². The summed E-state index contributed by atoms with van der Waals surface area (Å²) in [6, 6.07) is 5.53. The van der Waals surface area contributed by atoms with E-state index >= 15 is 0 Å². The van der Waals surface area contributed by atoms with Crippen molar-refractivity contribution in [1.82, 2.24) is 4.90 Å². The van der Waals surface area contributed by atoms with Gasteiger partial charge in [-0.1, -0.05) is 37.0 Å². The first kappa shape index (κ1) is 23.2. The largest absolute Gasteiger partial charge is 0.493 e. The Kier molecular flexibility index (Phi) is 8.98. The fourth-order valence-electron chi connectivity index (χ4n) is 2.64. The number of hydrogen-bond acceptors (Lipinski definition) is 7. The standard InChI is InChI=1S/C21H27NO5S2/c1-5-11-26-19(23)7-6-10-22-20(24)18(29-21(22)28)13-15-8-9-16(27-14(2)3)17(12-15)25-4/h8-9,12-14H,5-7,10-11H2,1-4H3/b18-13-. The number of carbonyl (C=O) groups excluding carboxylic acids is 2. The maximum atomic E-state index is 12.7. The fourth-order valence-corrected chi connectivity index (χ4v) is 3.95. The summed E-state index contributed by atoms with van der Waals surface area (Å²) in [4.78, 5) is 26.4. The summed E-state index contributed by atoms with van der Waals surface area (Å²) in [5.74, 6) is 0.864. The highest BCUT2D eigenvalue weighted by atomic mass is 32.2. The normalized spacial score (nSPS) is 15.3. The first-order valence-electron chi connectivity index (χ1n) is 9.61. The van der Waals surface area contributed by atoms with Crippen molar-refractivity contribution < 1.29 is 23.8 Å². The molecule has 0 N–H and O–H groups in total. The van der Waals surface area contributed by atoms with Crippen LogP contribution in [0.15, 0.2) is 23.1 Å². The van der Waals surface area contributed by atoms with Crippen LogP contribution in [-0.2, 0) is 14.3 Å². The number of ether oxygens (including phenoxy) is 3. The fraction of sp³-hybridized carbons (Fsp3) is 0.476. The minimum Gasteiger partial charge on any atom is -0.493 e. The van der Waals surface area contributed by atoms with E-state index < -0.39 is 0 Å². The molecule has 29 heavy (non-hydrogen) atoms. The molecular formula is C21H27NO5S2. The van der Waals surface area contributed by atoms with Crippen LogP contribution in [0.4, 0.5) is 0 Å². The van der Waals surface area contributed by atoms with Gasteiger partial charge in [0.2, 0.25) is 0 Å². The molecule has 0 atom stereocenters. The van der Waals surface area contributed by atoms with Crippen molar-refractivity contribution in [2.24, 2.45) is 0 Å². The van der Waals surface area contributed by atoms with E-state index in [9.17, 15) is 9.59 Å². The Hall–Kier alpha value is -2.06. The number of methoxy groups -OCH3 is 1. The van der Waals surface area contributed by atoms with E-state index in [4.69, 9.17) is 26.4 Å². The van der Waals surface area contributed by atoms with Gasteiger partial charge in [0.05, 0.1) is 24.7 Å². The van der Waals surface area contributed by atoms with Crippen molar-refractivity contribution in [3.8, 4) is 11.5 Å². The molecule has 2 rings (SSSR count). The van der Waals surface area contributed by atoms with Crippen LogP contribution >= 0.6 is 24.0 Å². The van der Waals surface area contributed by atoms with Crippen molar-refractivity contribution in [2.75, 3.05) is 20.3 Å². The molecule has 1 aromatic rings. The lowest BCUT2D eigenvalue weighted by molar-refractivity contribution is -0.144. The average molecular weight is 438 g/mol. The highest BCUT2D eigenvalue weighted by Crippen LogP contribution is 2.35. The Morgan fingerprint density at radius 2 is 2.07 bits per heavy atom. The zero-order valence-corrected chi connectivity index (χ0v) is 18.9. The smallest absolute Gasteiger partial charge is 0.305 e. The molecule has 0 bridgehead atoms. The molecule has 0 unspecified atom stereocenters. The molecule has 1 aliphatic rings. The van der Waals surface area contributed by atoms with Gasteiger partial charge in [-0.3, -0.25) is 14.5 Å². The lowest BCUT2D eigenvalue weighted by Crippen LogP contribution is -2.29. The molecule has 1 aliphatic heterocycles. The zero-order valence-electron chi connectivity index (χ0n) is 17.2. The second-order valence-corrected chi connectivity index (χ2v) is 8.41. The minimum atomic E-state index is -0.247. The Bertz CT molecular complexity index is 791. The molecule has 6 nitrogen and oxygen atoms in total. The van der Waals surface area contributed by atoms with Crippen molar-refractivity contribution in [3.05, 3.63) is 28.7 Å². The van der Waals surface area contributed by atoms with Gasteiger partial charge in [0.15, 0.2) is 11.5 Å². The van der Waals surface area contributed by atoms with E-state index in [0.29, 0.717) is 40.3 Å². The Labute approximate surface area is 181 Å². The number of nitrogens with zero attached hydrogens (tertiary/aromatic N) is 1. The molecule has 158 valence electrons. The third-order valence-electron chi connectivity index (χ3n) is 3.95. The predicted octanol–water partition coefficient (Wildman–Crippen LogP) is 4.42. The summed E-state index contributed by atoms with van der Waals surface area (Å²) in [7, 11) is 1.58. The van der Waals surface area contributed by atoms with E-state index in [-0.39, 0.29) is 24.4 Å². The first-order chi connectivity index (χ1) is 13.8. The summed E-state index contributed by atoms with van der Waals surface area (Å²) >= 11 is 6.60. The Balaban J connectivity index is 2.03. The van der Waals surface area contributed by atoms with Crippen LogP contribution in [0.25, 0.3) is 6.08 Å². The number of thioether (sulfide) groups is 1. The van der Waals surface area contributed by atoms with Gasteiger partial charge in [-0.25, -0.2) is 0 Å². The van der Waals surface area contributed by atoms with Crippen LogP contribution in [0.3, 0.4) is 0 Å². The topological polar surface area (TPSA) is 65.1 Å². The summed E-state index contributed by atoms with van der Waals surface area (Å²) in [5.41, 5.74) is 0.821. The molecule has 0 aliphatic carbocycles. The van der Waals surface area contributed by atoms with Gasteiger partial charge in [0.1, 0.15) is 4.32 Å². The minimum absolute atomic E-state index is 0.0326. The summed E-state index contributed by atoms with van der Waals surface area (Å²) in [6.07, 6.45) is 3.39. The maximum Gasteiger partial charge on any atom is 0.305 e. The Morgan fingerprint density at radius 3 is 2.72 bits per heavy atom. The van der Waals surface area contributed by atoms with Crippen LogP contribution in [-0.4, -0.2) is 47.5 Å². The third-order valence-corrected chi connectivity index (χ3v) is 5.33. The Morgan fingerprint density at radius 1 is 1.31 bits per heavy atom. The van der Waals surface area contributed by atoms with Gasteiger partial charge in [0, 0.05) is 13.0 Å². The number of amides is 1. The van der Waals surface area contributed by atoms with Gasteiger partial charge < -0.3 is 14.2 Å². The second kappa shape index (κ2) is 11.2. The number of rotatable bonds is 10. The quantitative estimate of drug-likeness (QED) is 0.305. The molecule has 1 aromatic carbocycles. The van der Waals surface area contributed by atoms with Crippen LogP contribution in [0, 0.1) is 0 Å². The van der Waals surface area contributed by atoms with Crippen molar-refractivity contribution in [1.29, 1.82) is 0 Å². The SMILES string of the molecule is CCCOC(=O)CCCN1C(=O)/C(=C/c2ccc(OC(C)C)c(OC)c2)SC1=S. The lowest BCUT2D eigenvalue weighted by Gasteiger charge is -2.14. The number of carbonyl (C=O) groups is 2. The van der Waals surface area contributed by atoms with Crippen LogP contribution in [0.2, 0.25) is 0 Å². The molecule has 0 spiro atoms. The average Bonchev–Trinajstić information content (AvgIpc) is 2.94. The molecule has 8 heteroatoms. The zero-order chi connectivity index (χ0) is 21.4. The van der Waals surface area contributed by atoms with Crippen molar-refractivity contribution >= 4 is 46.3 Å². The van der Waals surface area contributed by atoms with Gasteiger partial charge >= 0.3 is 5.97 Å². The lowest BCUT2D eigenvalue weighted by atomic mass is 10.1. The van der Waals surface area contributed by atoms with E-state index in [1.54, 1.807) is 13.2 Å². The molecule has 0 saturated carbocycles. The van der Waals surface area contributed by atoms with Gasteiger partial charge in [0.25, 0.3) is 5.91 Å². The number of benzene rings is 1. The molecule has 1 saturated heterocycles. The molecule has 0 radical (unpaired) electrons. The maximum absolute atomic E-state index is 12.7. The van der Waals surface area contributed by atoms with E-state index in [1.165, 1.54) is 16.7 Å². The highest BCUT2D eigenvalue weighted by molar-refractivity contribution is 8.26. The van der Waals surface area contributed by atoms with E-state index in [2.05, 4.69) is 0 Å². The van der Waals surface area contributed by atoms with Gasteiger partial charge in [-0.15, -0.1) is 0 Å². The monoisotopic (exact) mass is 437 g/mol. The predicted molar refractivity (Wildman–Crippen MR) is 119 cm³/mol. The van der Waals surface area contributed by atoms with Crippen molar-refractivity contribution in [3.63, 3.8) is 0 Å². The number of thiocarbonyl (C=S) groups is 1. The summed E-state index contributed by atoms with van der Waals surface area (Å²) in [5, 5.41) is 0. The molecule has 1 fully saturated rings.